The molecule has 0 aliphatic heterocycles. The average molecular weight is 281 g/mol. The predicted molar refractivity (Wildman–Crippen MR) is 87.7 cm³/mol. The number of benzene rings is 1. The van der Waals surface area contributed by atoms with Crippen LogP contribution in [0.4, 0.5) is 4.39 Å². The monoisotopic (exact) mass is 281 g/mol. The molecule has 1 heterocycles. The van der Waals surface area contributed by atoms with Gasteiger partial charge in [0.25, 0.3) is 0 Å². The van der Waals surface area contributed by atoms with Crippen LogP contribution in [0.3, 0.4) is 0 Å². The summed E-state index contributed by atoms with van der Waals surface area (Å²) in [5, 5.41) is 0. The molecule has 1 aromatic carbocycles. The van der Waals surface area contributed by atoms with Crippen LogP contribution in [0, 0.1) is 11.7 Å². The zero-order valence-electron chi connectivity index (χ0n) is 13.2. The number of hydrogen-bond donors (Lipinski definition) is 0. The summed E-state index contributed by atoms with van der Waals surface area (Å²) in [6, 6.07) is 6.93. The lowest BCUT2D eigenvalue weighted by molar-refractivity contribution is 0.624. The van der Waals surface area contributed by atoms with Crippen LogP contribution in [0.1, 0.15) is 44.9 Å². The molecule has 0 fully saturated rings. The summed E-state index contributed by atoms with van der Waals surface area (Å²) in [6.45, 7) is 8.35. The van der Waals surface area contributed by atoms with E-state index in [4.69, 9.17) is 7.85 Å². The molecule has 0 saturated carbocycles. The van der Waals surface area contributed by atoms with Crippen molar-refractivity contribution >= 4 is 13.3 Å². The van der Waals surface area contributed by atoms with Crippen molar-refractivity contribution < 1.29 is 4.39 Å². The van der Waals surface area contributed by atoms with Crippen LogP contribution in [-0.2, 0) is 6.42 Å². The third kappa shape index (κ3) is 3.72. The van der Waals surface area contributed by atoms with Crippen LogP contribution in [0.15, 0.2) is 30.5 Å². The molecule has 0 aliphatic carbocycles. The van der Waals surface area contributed by atoms with Gasteiger partial charge in [0.05, 0.1) is 0 Å². The first-order chi connectivity index (χ1) is 9.88. The van der Waals surface area contributed by atoms with Gasteiger partial charge in [-0.1, -0.05) is 33.2 Å². The van der Waals surface area contributed by atoms with Gasteiger partial charge in [-0.05, 0) is 59.2 Å². The molecule has 2 rings (SSSR count). The first-order valence-corrected chi connectivity index (χ1v) is 7.42. The van der Waals surface area contributed by atoms with E-state index in [1.165, 1.54) is 12.1 Å². The Morgan fingerprint density at radius 3 is 2.48 bits per heavy atom. The second-order valence-electron chi connectivity index (χ2n) is 6.24. The van der Waals surface area contributed by atoms with Gasteiger partial charge in [0.2, 0.25) is 0 Å². The van der Waals surface area contributed by atoms with Crippen molar-refractivity contribution in [2.75, 3.05) is 0 Å². The van der Waals surface area contributed by atoms with Gasteiger partial charge in [-0.15, -0.1) is 0 Å². The van der Waals surface area contributed by atoms with Gasteiger partial charge in [-0.3, -0.25) is 4.98 Å². The Labute approximate surface area is 128 Å². The molecule has 1 aromatic heterocycles. The zero-order chi connectivity index (χ0) is 15.6. The Morgan fingerprint density at radius 1 is 1.14 bits per heavy atom. The fraction of sp³-hybridized carbons (Fsp3) is 0.389. The number of aromatic nitrogens is 1. The minimum Gasteiger partial charge on any atom is -0.261 e. The molecular weight excluding hydrogens is 260 g/mol. The Bertz CT molecular complexity index is 635. The topological polar surface area (TPSA) is 12.9 Å². The van der Waals surface area contributed by atoms with Crippen molar-refractivity contribution in [1.29, 1.82) is 0 Å². The number of rotatable bonds is 4. The molecule has 0 saturated heterocycles. The van der Waals surface area contributed by atoms with Crippen molar-refractivity contribution in [1.82, 2.24) is 4.98 Å². The lowest BCUT2D eigenvalue weighted by Gasteiger charge is -2.16. The normalized spacial score (nSPS) is 11.4. The lowest BCUT2D eigenvalue weighted by Crippen LogP contribution is -2.16. The van der Waals surface area contributed by atoms with Gasteiger partial charge in [0.15, 0.2) is 0 Å². The van der Waals surface area contributed by atoms with Crippen LogP contribution in [0.5, 0.6) is 0 Å². The van der Waals surface area contributed by atoms with Crippen molar-refractivity contribution in [3.05, 3.63) is 47.5 Å². The second-order valence-corrected chi connectivity index (χ2v) is 6.24. The fourth-order valence-corrected chi connectivity index (χ4v) is 2.53. The van der Waals surface area contributed by atoms with Crippen LogP contribution in [0.2, 0.25) is 0 Å². The van der Waals surface area contributed by atoms with Gasteiger partial charge in [0, 0.05) is 11.9 Å². The van der Waals surface area contributed by atoms with E-state index < -0.39 is 0 Å². The third-order valence-corrected chi connectivity index (χ3v) is 3.54. The predicted octanol–water partition coefficient (Wildman–Crippen LogP) is 4.00. The number of halogens is 1. The first kappa shape index (κ1) is 15.7. The van der Waals surface area contributed by atoms with E-state index >= 15 is 0 Å². The summed E-state index contributed by atoms with van der Waals surface area (Å²) in [7, 11) is 6.25. The molecule has 108 valence electrons. The summed E-state index contributed by atoms with van der Waals surface area (Å²) in [5.74, 6) is 0.477. The van der Waals surface area contributed by atoms with Gasteiger partial charge in [0.1, 0.15) is 13.7 Å². The van der Waals surface area contributed by atoms with E-state index in [1.807, 2.05) is 26.0 Å². The third-order valence-electron chi connectivity index (χ3n) is 3.54. The Kier molecular flexibility index (Phi) is 4.82. The fourth-order valence-electron chi connectivity index (χ4n) is 2.53. The highest BCUT2D eigenvalue weighted by Gasteiger charge is 2.12. The molecule has 2 radical (unpaired) electrons. The van der Waals surface area contributed by atoms with E-state index in [-0.39, 0.29) is 11.7 Å². The second kappa shape index (κ2) is 6.42. The molecule has 1 nitrogen and oxygen atoms in total. The summed E-state index contributed by atoms with van der Waals surface area (Å²) >= 11 is 0. The van der Waals surface area contributed by atoms with E-state index in [2.05, 4.69) is 18.8 Å². The van der Waals surface area contributed by atoms with Crippen LogP contribution < -0.4 is 5.46 Å². The number of nitrogens with zero attached hydrogens (tertiary/aromatic N) is 1. The molecule has 2 aromatic rings. The first-order valence-electron chi connectivity index (χ1n) is 7.42. The maximum Gasteiger partial charge on any atom is 0.124 e. The summed E-state index contributed by atoms with van der Waals surface area (Å²) < 4.78 is 13.9. The SMILES string of the molecule is [B]c1c(-c2ccnc(CC(C)C)c2)cc(F)cc1C(C)C. The average Bonchev–Trinajstić information content (AvgIpc) is 2.40. The Balaban J connectivity index is 2.51. The van der Waals surface area contributed by atoms with E-state index in [0.717, 1.165) is 28.8 Å². The maximum absolute atomic E-state index is 13.9. The largest absolute Gasteiger partial charge is 0.261 e. The molecule has 0 bridgehead atoms. The van der Waals surface area contributed by atoms with Crippen LogP contribution in [-0.4, -0.2) is 12.8 Å². The number of hydrogen-bond acceptors (Lipinski definition) is 1. The number of pyridine rings is 1. The summed E-state index contributed by atoms with van der Waals surface area (Å²) in [5.41, 5.74) is 4.21. The quantitative estimate of drug-likeness (QED) is 0.772. The van der Waals surface area contributed by atoms with Crippen molar-refractivity contribution in [3.8, 4) is 11.1 Å². The highest BCUT2D eigenvalue weighted by Crippen LogP contribution is 2.23. The maximum atomic E-state index is 13.9. The molecule has 0 atom stereocenters. The Morgan fingerprint density at radius 2 is 1.86 bits per heavy atom. The van der Waals surface area contributed by atoms with Crippen LogP contribution >= 0.6 is 0 Å². The highest BCUT2D eigenvalue weighted by atomic mass is 19.1. The molecule has 0 aliphatic rings. The van der Waals surface area contributed by atoms with Gasteiger partial charge < -0.3 is 0 Å². The van der Waals surface area contributed by atoms with Crippen molar-refractivity contribution in [3.63, 3.8) is 0 Å². The molecule has 21 heavy (non-hydrogen) atoms. The highest BCUT2D eigenvalue weighted by molar-refractivity contribution is 6.37. The lowest BCUT2D eigenvalue weighted by atomic mass is 9.79. The van der Waals surface area contributed by atoms with Gasteiger partial charge in [-0.2, -0.15) is 0 Å². The van der Waals surface area contributed by atoms with E-state index in [1.54, 1.807) is 6.20 Å². The zero-order valence-corrected chi connectivity index (χ0v) is 13.2. The smallest absolute Gasteiger partial charge is 0.124 e. The molecular formula is C18H21BFN. The molecule has 0 spiro atoms. The van der Waals surface area contributed by atoms with Crippen molar-refractivity contribution in [2.45, 2.75) is 40.0 Å². The molecule has 0 amide bonds. The minimum atomic E-state index is -0.245. The van der Waals surface area contributed by atoms with E-state index in [9.17, 15) is 4.39 Å². The summed E-state index contributed by atoms with van der Waals surface area (Å²) in [6.07, 6.45) is 2.67. The van der Waals surface area contributed by atoms with Crippen LogP contribution in [0.25, 0.3) is 11.1 Å². The van der Waals surface area contributed by atoms with Gasteiger partial charge in [-0.25, -0.2) is 4.39 Å². The van der Waals surface area contributed by atoms with E-state index in [0.29, 0.717) is 11.4 Å². The molecule has 3 heteroatoms. The summed E-state index contributed by atoms with van der Waals surface area (Å²) in [4.78, 5) is 4.38. The minimum absolute atomic E-state index is 0.191. The van der Waals surface area contributed by atoms with Crippen molar-refractivity contribution in [2.24, 2.45) is 5.92 Å². The molecule has 0 unspecified atom stereocenters. The van der Waals surface area contributed by atoms with Gasteiger partial charge >= 0.3 is 0 Å². The standard InChI is InChI=1S/C18H21BFN/c1-11(2)7-15-8-13(5-6-21-15)17-10-14(20)9-16(12(3)4)18(17)19/h5-6,8-12H,7H2,1-4H3. The molecule has 0 N–H and O–H groups in total. The Hall–Kier alpha value is -1.64.